The third-order valence-corrected chi connectivity index (χ3v) is 6.66. The van der Waals surface area contributed by atoms with Crippen molar-refractivity contribution in [2.45, 2.75) is 51.8 Å². The zero-order chi connectivity index (χ0) is 29.2. The standard InChI is InChI=1S/C30H38ClN3O4S/c1-8-17-34(28(36)24(16-18-39-7)32-29(37)38-30(4,5)6)26(22-14-11-13-21(9-2)19-22)27(35)33-25-20(3)12-10-15-23(25)31/h8-15,19,24,26H,1-2,16-18H2,3-7H3,(H,32,37)(H,33,35). The van der Waals surface area contributed by atoms with E-state index < -0.39 is 35.6 Å². The molecule has 2 rings (SSSR count). The number of hydrogen-bond acceptors (Lipinski definition) is 5. The summed E-state index contributed by atoms with van der Waals surface area (Å²) in [5, 5.41) is 6.02. The predicted molar refractivity (Wildman–Crippen MR) is 162 cm³/mol. The molecule has 2 aromatic rings. The first-order valence-electron chi connectivity index (χ1n) is 12.6. The van der Waals surface area contributed by atoms with Crippen LogP contribution >= 0.6 is 23.4 Å². The zero-order valence-corrected chi connectivity index (χ0v) is 24.8. The van der Waals surface area contributed by atoms with Crippen LogP contribution in [0.5, 0.6) is 0 Å². The van der Waals surface area contributed by atoms with Crippen molar-refractivity contribution in [2.24, 2.45) is 0 Å². The molecule has 0 fully saturated rings. The maximum absolute atomic E-state index is 14.1. The van der Waals surface area contributed by atoms with Crippen LogP contribution in [0.2, 0.25) is 5.02 Å². The molecule has 0 bridgehead atoms. The summed E-state index contributed by atoms with van der Waals surface area (Å²) >= 11 is 7.95. The first kappa shape index (κ1) is 32.0. The molecule has 0 heterocycles. The smallest absolute Gasteiger partial charge is 0.408 e. The number of amides is 3. The second-order valence-corrected chi connectivity index (χ2v) is 11.4. The summed E-state index contributed by atoms with van der Waals surface area (Å²) in [7, 11) is 0. The molecule has 0 radical (unpaired) electrons. The van der Waals surface area contributed by atoms with Gasteiger partial charge in [0.15, 0.2) is 0 Å². The van der Waals surface area contributed by atoms with Crippen molar-refractivity contribution in [1.82, 2.24) is 10.2 Å². The fraction of sp³-hybridized carbons (Fsp3) is 0.367. The van der Waals surface area contributed by atoms with E-state index in [2.05, 4.69) is 23.8 Å². The number of halogens is 1. The number of carbonyl (C=O) groups is 3. The van der Waals surface area contributed by atoms with Crippen molar-refractivity contribution < 1.29 is 19.1 Å². The lowest BCUT2D eigenvalue weighted by atomic mass is 9.99. The number of aryl methyl sites for hydroxylation is 1. The van der Waals surface area contributed by atoms with Gasteiger partial charge in [0.05, 0.1) is 10.7 Å². The lowest BCUT2D eigenvalue weighted by Crippen LogP contribution is -2.52. The van der Waals surface area contributed by atoms with Gasteiger partial charge >= 0.3 is 6.09 Å². The van der Waals surface area contributed by atoms with Gasteiger partial charge in [0.2, 0.25) is 5.91 Å². The number of benzene rings is 2. The Balaban J connectivity index is 2.57. The fourth-order valence-corrected chi connectivity index (χ4v) is 4.66. The van der Waals surface area contributed by atoms with Gasteiger partial charge < -0.3 is 20.3 Å². The summed E-state index contributed by atoms with van der Waals surface area (Å²) in [6.45, 7) is 14.8. The first-order chi connectivity index (χ1) is 18.4. The van der Waals surface area contributed by atoms with Gasteiger partial charge in [-0.3, -0.25) is 9.59 Å². The molecule has 0 spiro atoms. The number of rotatable bonds is 12. The third-order valence-electron chi connectivity index (χ3n) is 5.70. The Morgan fingerprint density at radius 2 is 1.85 bits per heavy atom. The topological polar surface area (TPSA) is 87.7 Å². The molecule has 0 aliphatic rings. The molecule has 3 amide bonds. The number of nitrogens with zero attached hydrogens (tertiary/aromatic N) is 1. The normalized spacial score (nSPS) is 12.6. The minimum atomic E-state index is -1.05. The molecule has 0 saturated carbocycles. The van der Waals surface area contributed by atoms with Crippen LogP contribution in [0, 0.1) is 6.92 Å². The van der Waals surface area contributed by atoms with Crippen molar-refractivity contribution in [3.8, 4) is 0 Å². The lowest BCUT2D eigenvalue weighted by Gasteiger charge is -2.34. The van der Waals surface area contributed by atoms with Crippen LogP contribution in [0.1, 0.15) is 49.9 Å². The lowest BCUT2D eigenvalue weighted by molar-refractivity contribution is -0.140. The highest BCUT2D eigenvalue weighted by molar-refractivity contribution is 7.98. The van der Waals surface area contributed by atoms with Gasteiger partial charge in [-0.2, -0.15) is 11.8 Å². The number of anilines is 1. The van der Waals surface area contributed by atoms with E-state index in [-0.39, 0.29) is 6.54 Å². The van der Waals surface area contributed by atoms with Crippen LogP contribution in [0.25, 0.3) is 6.08 Å². The largest absolute Gasteiger partial charge is 0.444 e. The van der Waals surface area contributed by atoms with Gasteiger partial charge in [0.1, 0.15) is 17.7 Å². The number of carbonyl (C=O) groups excluding carboxylic acids is 3. The minimum Gasteiger partial charge on any atom is -0.444 e. The Kier molecular flexibility index (Phi) is 12.1. The minimum absolute atomic E-state index is 0.0580. The van der Waals surface area contributed by atoms with Gasteiger partial charge in [0.25, 0.3) is 5.91 Å². The summed E-state index contributed by atoms with van der Waals surface area (Å²) in [6.07, 6.45) is 4.77. The molecule has 0 saturated heterocycles. The molecule has 39 heavy (non-hydrogen) atoms. The average molecular weight is 572 g/mol. The maximum atomic E-state index is 14.1. The molecule has 7 nitrogen and oxygen atoms in total. The van der Waals surface area contributed by atoms with Crippen molar-refractivity contribution in [2.75, 3.05) is 23.9 Å². The van der Waals surface area contributed by atoms with Gasteiger partial charge in [-0.15, -0.1) is 6.58 Å². The molecule has 2 atom stereocenters. The second kappa shape index (κ2) is 14.8. The van der Waals surface area contributed by atoms with E-state index in [9.17, 15) is 14.4 Å². The molecule has 2 N–H and O–H groups in total. The number of hydrogen-bond donors (Lipinski definition) is 2. The third kappa shape index (κ3) is 9.48. The van der Waals surface area contributed by atoms with E-state index in [0.29, 0.717) is 28.4 Å². The second-order valence-electron chi connectivity index (χ2n) is 9.96. The highest BCUT2D eigenvalue weighted by Crippen LogP contribution is 2.30. The average Bonchev–Trinajstić information content (AvgIpc) is 2.87. The maximum Gasteiger partial charge on any atom is 0.408 e. The molecular formula is C30H38ClN3O4S. The molecule has 0 aliphatic heterocycles. The molecule has 210 valence electrons. The van der Waals surface area contributed by atoms with E-state index in [4.69, 9.17) is 16.3 Å². The van der Waals surface area contributed by atoms with Crippen LogP contribution in [0.15, 0.2) is 61.7 Å². The Morgan fingerprint density at radius 3 is 2.44 bits per heavy atom. The van der Waals surface area contributed by atoms with Crippen LogP contribution < -0.4 is 10.6 Å². The van der Waals surface area contributed by atoms with Crippen LogP contribution in [-0.2, 0) is 14.3 Å². The van der Waals surface area contributed by atoms with Crippen molar-refractivity contribution >= 4 is 53.0 Å². The summed E-state index contributed by atoms with van der Waals surface area (Å²) in [5.74, 6) is -0.284. The predicted octanol–water partition coefficient (Wildman–Crippen LogP) is 6.63. The van der Waals surface area contributed by atoms with E-state index in [0.717, 1.165) is 11.1 Å². The quantitative estimate of drug-likeness (QED) is 0.279. The number of para-hydroxylation sites is 1. The number of ether oxygens (including phenoxy) is 1. The number of alkyl carbamates (subject to hydrolysis) is 1. The summed E-state index contributed by atoms with van der Waals surface area (Å²) < 4.78 is 5.41. The number of thioether (sulfide) groups is 1. The number of nitrogens with one attached hydrogen (secondary N) is 2. The van der Waals surface area contributed by atoms with E-state index in [1.165, 1.54) is 4.90 Å². The zero-order valence-electron chi connectivity index (χ0n) is 23.3. The fourth-order valence-electron chi connectivity index (χ4n) is 3.92. The van der Waals surface area contributed by atoms with E-state index in [1.54, 1.807) is 75.0 Å². The molecular weight excluding hydrogens is 534 g/mol. The molecule has 2 aromatic carbocycles. The van der Waals surface area contributed by atoms with Gasteiger partial charge in [-0.25, -0.2) is 4.79 Å². The van der Waals surface area contributed by atoms with Crippen molar-refractivity contribution in [3.05, 3.63) is 83.4 Å². The van der Waals surface area contributed by atoms with Crippen LogP contribution in [0.4, 0.5) is 10.5 Å². The molecule has 2 unspecified atom stereocenters. The molecule has 0 aliphatic carbocycles. The van der Waals surface area contributed by atoms with Crippen LogP contribution in [0.3, 0.4) is 0 Å². The van der Waals surface area contributed by atoms with E-state index in [1.807, 2.05) is 25.3 Å². The monoisotopic (exact) mass is 571 g/mol. The summed E-state index contributed by atoms with van der Waals surface area (Å²) in [6, 6.07) is 10.6. The Morgan fingerprint density at radius 1 is 1.15 bits per heavy atom. The first-order valence-corrected chi connectivity index (χ1v) is 14.4. The Hall–Kier alpha value is -3.23. The Bertz CT molecular complexity index is 1170. The summed E-state index contributed by atoms with van der Waals surface area (Å²) in [5.41, 5.74) is 1.87. The van der Waals surface area contributed by atoms with Crippen molar-refractivity contribution in [3.63, 3.8) is 0 Å². The van der Waals surface area contributed by atoms with Crippen LogP contribution in [-0.4, -0.2) is 53.0 Å². The highest BCUT2D eigenvalue weighted by Gasteiger charge is 2.36. The van der Waals surface area contributed by atoms with Gasteiger partial charge in [-0.1, -0.05) is 60.7 Å². The molecule has 9 heteroatoms. The Labute approximate surface area is 241 Å². The molecule has 0 aromatic heterocycles. The van der Waals surface area contributed by atoms with Gasteiger partial charge in [0, 0.05) is 6.54 Å². The van der Waals surface area contributed by atoms with Gasteiger partial charge in [-0.05, 0) is 74.9 Å². The SMILES string of the molecule is C=CCN(C(=O)C(CCSC)NC(=O)OC(C)(C)C)C(C(=O)Nc1c(C)cccc1Cl)c1cccc(C=C)c1. The highest BCUT2D eigenvalue weighted by atomic mass is 35.5. The van der Waals surface area contributed by atoms with Crippen molar-refractivity contribution in [1.29, 1.82) is 0 Å². The van der Waals surface area contributed by atoms with E-state index >= 15 is 0 Å². The summed E-state index contributed by atoms with van der Waals surface area (Å²) in [4.78, 5) is 42.1.